The molecule has 0 bridgehead atoms. The maximum Gasteiger partial charge on any atom is 0.326 e. The van der Waals surface area contributed by atoms with Crippen LogP contribution in [0.5, 0.6) is 0 Å². The summed E-state index contributed by atoms with van der Waals surface area (Å²) in [7, 11) is 0. The number of carbonyl (C=O) groups is 2. The fraction of sp³-hybridized carbons (Fsp3) is 0.476. The molecule has 0 saturated carbocycles. The van der Waals surface area contributed by atoms with Gasteiger partial charge in [0, 0.05) is 12.0 Å². The molecule has 0 radical (unpaired) electrons. The number of fused-ring (bicyclic) bond motifs is 2. The van der Waals surface area contributed by atoms with Gasteiger partial charge in [-0.05, 0) is 62.0 Å². The molecule has 2 unspecified atom stereocenters. The molecule has 4 rings (SSSR count). The summed E-state index contributed by atoms with van der Waals surface area (Å²) in [6, 6.07) is 7.26. The Balaban J connectivity index is 1.50. The van der Waals surface area contributed by atoms with E-state index in [0.717, 1.165) is 56.3 Å². The van der Waals surface area contributed by atoms with Crippen LogP contribution in [0.1, 0.15) is 71.0 Å². The monoisotopic (exact) mass is 368 g/mol. The van der Waals surface area contributed by atoms with Gasteiger partial charge in [0.1, 0.15) is 11.8 Å². The van der Waals surface area contributed by atoms with Crippen molar-refractivity contribution in [3.63, 3.8) is 0 Å². The number of aryl methyl sites for hydroxylation is 2. The van der Waals surface area contributed by atoms with E-state index >= 15 is 0 Å². The third kappa shape index (κ3) is 3.61. The van der Waals surface area contributed by atoms with Crippen LogP contribution < -0.4 is 5.32 Å². The molecule has 6 nitrogen and oxygen atoms in total. The van der Waals surface area contributed by atoms with Gasteiger partial charge in [-0.1, -0.05) is 29.4 Å². The Kier molecular flexibility index (Phi) is 4.97. The smallest absolute Gasteiger partial charge is 0.326 e. The van der Waals surface area contributed by atoms with Crippen molar-refractivity contribution in [2.24, 2.45) is 0 Å². The molecule has 0 saturated heterocycles. The minimum atomic E-state index is -1.01. The van der Waals surface area contributed by atoms with Crippen molar-refractivity contribution in [1.82, 2.24) is 10.5 Å². The highest BCUT2D eigenvalue weighted by molar-refractivity contribution is 5.96. The molecule has 1 heterocycles. The summed E-state index contributed by atoms with van der Waals surface area (Å²) in [6.07, 6.45) is 6.97. The Bertz CT molecular complexity index is 858. The normalized spacial score (nSPS) is 19.6. The molecule has 2 aliphatic rings. The molecule has 0 spiro atoms. The van der Waals surface area contributed by atoms with Crippen LogP contribution in [0.2, 0.25) is 0 Å². The average Bonchev–Trinajstić information content (AvgIpc) is 3.12. The first-order valence-corrected chi connectivity index (χ1v) is 9.72. The number of aliphatic carboxylic acids is 1. The third-order valence-corrected chi connectivity index (χ3v) is 5.78. The topological polar surface area (TPSA) is 92.4 Å². The van der Waals surface area contributed by atoms with Crippen molar-refractivity contribution in [3.8, 4) is 0 Å². The largest absolute Gasteiger partial charge is 0.480 e. The number of nitrogens with one attached hydrogen (secondary N) is 1. The van der Waals surface area contributed by atoms with Crippen LogP contribution in [0.25, 0.3) is 0 Å². The van der Waals surface area contributed by atoms with Gasteiger partial charge in [-0.3, -0.25) is 4.79 Å². The molecule has 6 heteroatoms. The van der Waals surface area contributed by atoms with Gasteiger partial charge in [-0.15, -0.1) is 0 Å². The summed E-state index contributed by atoms with van der Waals surface area (Å²) in [4.78, 5) is 24.5. The number of amides is 1. The first kappa shape index (κ1) is 17.8. The van der Waals surface area contributed by atoms with Gasteiger partial charge in [-0.2, -0.15) is 0 Å². The van der Waals surface area contributed by atoms with Crippen molar-refractivity contribution in [2.75, 3.05) is 0 Å². The van der Waals surface area contributed by atoms with E-state index in [1.165, 1.54) is 11.1 Å². The highest BCUT2D eigenvalue weighted by Crippen LogP contribution is 2.34. The van der Waals surface area contributed by atoms with Crippen molar-refractivity contribution in [1.29, 1.82) is 0 Å². The first-order valence-electron chi connectivity index (χ1n) is 9.72. The summed E-state index contributed by atoms with van der Waals surface area (Å²) in [5.41, 5.74) is 3.59. The number of rotatable bonds is 5. The van der Waals surface area contributed by atoms with Gasteiger partial charge < -0.3 is 14.9 Å². The standard InChI is InChI=1S/C21H24N2O4/c24-20(19-16-10-3-4-11-18(16)27-23-19)22-17(21(25)26)12-14-8-5-7-13-6-1-2-9-15(13)14/h1-2,6,9,14,17H,3-5,7-8,10-12H2,(H,22,24)(H,25,26). The molecule has 1 aromatic heterocycles. The maximum atomic E-state index is 12.7. The molecule has 27 heavy (non-hydrogen) atoms. The van der Waals surface area contributed by atoms with Crippen LogP contribution in [0.3, 0.4) is 0 Å². The van der Waals surface area contributed by atoms with Crippen molar-refractivity contribution < 1.29 is 19.2 Å². The lowest BCUT2D eigenvalue weighted by Crippen LogP contribution is -2.42. The molecular formula is C21H24N2O4. The number of carboxylic acid groups (broad SMARTS) is 1. The number of aromatic nitrogens is 1. The minimum Gasteiger partial charge on any atom is -0.480 e. The lowest BCUT2D eigenvalue weighted by molar-refractivity contribution is -0.139. The van der Waals surface area contributed by atoms with Crippen molar-refractivity contribution in [2.45, 2.75) is 63.3 Å². The molecule has 0 aliphatic heterocycles. The van der Waals surface area contributed by atoms with Crippen molar-refractivity contribution >= 4 is 11.9 Å². The van der Waals surface area contributed by atoms with E-state index in [4.69, 9.17) is 4.52 Å². The number of hydrogen-bond donors (Lipinski definition) is 2. The highest BCUT2D eigenvalue weighted by atomic mass is 16.5. The molecule has 2 atom stereocenters. The predicted octanol–water partition coefficient (Wildman–Crippen LogP) is 3.25. The van der Waals surface area contributed by atoms with Crippen LogP contribution in [0.4, 0.5) is 0 Å². The third-order valence-electron chi connectivity index (χ3n) is 5.78. The number of nitrogens with zero attached hydrogens (tertiary/aromatic N) is 1. The maximum absolute atomic E-state index is 12.7. The van der Waals surface area contributed by atoms with Crippen molar-refractivity contribution in [3.05, 3.63) is 52.4 Å². The minimum absolute atomic E-state index is 0.141. The number of hydrogen-bond acceptors (Lipinski definition) is 4. The summed E-state index contributed by atoms with van der Waals surface area (Å²) in [5.74, 6) is -0.552. The van der Waals surface area contributed by atoms with Crippen LogP contribution >= 0.6 is 0 Å². The fourth-order valence-electron chi connectivity index (χ4n) is 4.40. The van der Waals surface area contributed by atoms with Gasteiger partial charge in [0.05, 0.1) is 0 Å². The summed E-state index contributed by atoms with van der Waals surface area (Å²) in [5, 5.41) is 16.3. The van der Waals surface area contributed by atoms with Crippen LogP contribution in [-0.2, 0) is 24.1 Å². The van der Waals surface area contributed by atoms with Gasteiger partial charge in [-0.25, -0.2) is 4.79 Å². The first-order chi connectivity index (χ1) is 13.1. The Hall–Kier alpha value is -2.63. The molecule has 2 aliphatic carbocycles. The van der Waals surface area contributed by atoms with E-state index in [2.05, 4.69) is 22.6 Å². The second-order valence-electron chi connectivity index (χ2n) is 7.53. The number of carboxylic acids is 1. The SMILES string of the molecule is O=C(NC(CC1CCCc2ccccc21)C(=O)O)c1noc2c1CCCC2. The lowest BCUT2D eigenvalue weighted by atomic mass is 9.79. The molecule has 2 N–H and O–H groups in total. The van der Waals surface area contributed by atoms with Gasteiger partial charge >= 0.3 is 5.97 Å². The molecule has 1 amide bonds. The second kappa shape index (κ2) is 7.55. The van der Waals surface area contributed by atoms with Crippen LogP contribution in [-0.4, -0.2) is 28.2 Å². The Morgan fingerprint density at radius 1 is 1.19 bits per heavy atom. The number of benzene rings is 1. The zero-order valence-electron chi connectivity index (χ0n) is 15.2. The average molecular weight is 368 g/mol. The van der Waals surface area contributed by atoms with Crippen LogP contribution in [0, 0.1) is 0 Å². The zero-order chi connectivity index (χ0) is 18.8. The summed E-state index contributed by atoms with van der Waals surface area (Å²) in [6.45, 7) is 0. The Morgan fingerprint density at radius 3 is 2.85 bits per heavy atom. The van der Waals surface area contributed by atoms with Gasteiger partial charge in [0.25, 0.3) is 5.91 Å². The molecular weight excluding hydrogens is 344 g/mol. The van der Waals surface area contributed by atoms with E-state index in [9.17, 15) is 14.7 Å². The predicted molar refractivity (Wildman–Crippen MR) is 98.8 cm³/mol. The van der Waals surface area contributed by atoms with E-state index < -0.39 is 17.9 Å². The zero-order valence-corrected chi connectivity index (χ0v) is 15.2. The quantitative estimate of drug-likeness (QED) is 0.845. The fourth-order valence-corrected chi connectivity index (χ4v) is 4.40. The van der Waals surface area contributed by atoms with E-state index in [0.29, 0.717) is 6.42 Å². The van der Waals surface area contributed by atoms with E-state index in [1.54, 1.807) is 0 Å². The highest BCUT2D eigenvalue weighted by Gasteiger charge is 2.31. The molecule has 2 aromatic rings. The summed E-state index contributed by atoms with van der Waals surface area (Å²) < 4.78 is 5.29. The number of carbonyl (C=O) groups excluding carboxylic acids is 1. The summed E-state index contributed by atoms with van der Waals surface area (Å²) >= 11 is 0. The molecule has 142 valence electrons. The van der Waals surface area contributed by atoms with Crippen LogP contribution in [0.15, 0.2) is 28.8 Å². The molecule has 0 fully saturated rings. The Morgan fingerprint density at radius 2 is 2.00 bits per heavy atom. The van der Waals surface area contributed by atoms with Gasteiger partial charge in [0.2, 0.25) is 0 Å². The van der Waals surface area contributed by atoms with E-state index in [1.807, 2.05) is 12.1 Å². The Labute approximate surface area is 157 Å². The van der Waals surface area contributed by atoms with E-state index in [-0.39, 0.29) is 11.6 Å². The van der Waals surface area contributed by atoms with Gasteiger partial charge in [0.15, 0.2) is 5.69 Å². The lowest BCUT2D eigenvalue weighted by Gasteiger charge is -2.28. The second-order valence-corrected chi connectivity index (χ2v) is 7.53. The molecule has 1 aromatic carbocycles.